The van der Waals surface area contributed by atoms with E-state index in [2.05, 4.69) is 15.5 Å². The lowest BCUT2D eigenvalue weighted by Crippen LogP contribution is -2.41. The largest absolute Gasteiger partial charge is 0.395 e. The van der Waals surface area contributed by atoms with Gasteiger partial charge in [-0.1, -0.05) is 16.8 Å². The maximum absolute atomic E-state index is 9.76. The van der Waals surface area contributed by atoms with Crippen molar-refractivity contribution in [1.82, 2.24) is 10.3 Å². The zero-order valence-electron chi connectivity index (χ0n) is 11.3. The zero-order chi connectivity index (χ0) is 14.2. The van der Waals surface area contributed by atoms with Gasteiger partial charge in [0.2, 0.25) is 0 Å². The lowest BCUT2D eigenvalue weighted by atomic mass is 9.93. The molecular weight excluding hydrogens is 278 g/mol. The topological polar surface area (TPSA) is 66.7 Å². The summed E-state index contributed by atoms with van der Waals surface area (Å²) >= 11 is 6.00. The Labute approximate surface area is 124 Å². The Bertz CT molecular complexity index is 428. The number of aliphatic hydroxyl groups excluding tert-OH is 1. The van der Waals surface area contributed by atoms with Gasteiger partial charge in [0.15, 0.2) is 5.17 Å². The molecule has 5 nitrogen and oxygen atoms in total. The Morgan fingerprint density at radius 2 is 2.30 bits per heavy atom. The molecule has 1 aromatic heterocycles. The Kier molecular flexibility index (Phi) is 6.24. The van der Waals surface area contributed by atoms with Crippen molar-refractivity contribution < 1.29 is 9.94 Å². The van der Waals surface area contributed by atoms with Crippen molar-refractivity contribution in [3.05, 3.63) is 30.1 Å². The van der Waals surface area contributed by atoms with E-state index in [1.54, 1.807) is 24.5 Å². The number of aliphatic hydroxyl groups is 1. The monoisotopic (exact) mass is 297 g/mol. The van der Waals surface area contributed by atoms with E-state index in [0.29, 0.717) is 17.7 Å². The van der Waals surface area contributed by atoms with Crippen molar-refractivity contribution in [2.24, 2.45) is 11.1 Å². The number of hydrogen-bond acceptors (Lipinski definition) is 5. The second-order valence-corrected chi connectivity index (χ2v) is 5.25. The van der Waals surface area contributed by atoms with Crippen LogP contribution in [-0.4, -0.2) is 34.6 Å². The van der Waals surface area contributed by atoms with Gasteiger partial charge in [-0.05, 0) is 50.3 Å². The first-order valence-electron chi connectivity index (χ1n) is 6.94. The third-order valence-corrected chi connectivity index (χ3v) is 3.71. The van der Waals surface area contributed by atoms with Crippen LogP contribution in [0.15, 0.2) is 29.7 Å². The Morgan fingerprint density at radius 1 is 1.50 bits per heavy atom. The number of aromatic nitrogens is 1. The minimum atomic E-state index is -0.382. The predicted octanol–water partition coefficient (Wildman–Crippen LogP) is 2.10. The van der Waals surface area contributed by atoms with Crippen molar-refractivity contribution in [3.8, 4) is 0 Å². The SMILES string of the molecule is OC1NCCCC1CCCON=C(Cl)c1ccncc1. The standard InChI is InChI=1S/C14H20ClN3O2/c15-13(11-5-8-16-9-6-11)18-20-10-2-4-12-3-1-7-17-14(12)19/h5-6,8-9,12,14,17,19H,1-4,7,10H2. The fourth-order valence-electron chi connectivity index (χ4n) is 2.30. The normalized spacial score (nSPS) is 23.6. The summed E-state index contributed by atoms with van der Waals surface area (Å²) in [5.74, 6) is 0.312. The summed E-state index contributed by atoms with van der Waals surface area (Å²) in [6.07, 6.45) is 6.90. The molecule has 2 heterocycles. The number of nitrogens with one attached hydrogen (secondary N) is 1. The molecule has 1 aliphatic heterocycles. The van der Waals surface area contributed by atoms with Gasteiger partial charge in [-0.15, -0.1) is 0 Å². The van der Waals surface area contributed by atoms with Gasteiger partial charge in [-0.3, -0.25) is 10.3 Å². The highest BCUT2D eigenvalue weighted by atomic mass is 35.5. The summed E-state index contributed by atoms with van der Waals surface area (Å²) in [6, 6.07) is 3.55. The molecule has 1 saturated heterocycles. The van der Waals surface area contributed by atoms with Crippen LogP contribution in [0.3, 0.4) is 0 Å². The van der Waals surface area contributed by atoms with E-state index in [0.717, 1.165) is 37.8 Å². The minimum Gasteiger partial charge on any atom is -0.395 e. The van der Waals surface area contributed by atoms with Gasteiger partial charge in [-0.25, -0.2) is 0 Å². The van der Waals surface area contributed by atoms with Crippen LogP contribution in [-0.2, 0) is 4.84 Å². The molecule has 0 radical (unpaired) electrons. The summed E-state index contributed by atoms with van der Waals surface area (Å²) < 4.78 is 0. The molecule has 0 amide bonds. The zero-order valence-corrected chi connectivity index (χ0v) is 12.1. The average Bonchev–Trinajstić information content (AvgIpc) is 2.49. The molecular formula is C14H20ClN3O2. The number of halogens is 1. The molecule has 0 aliphatic carbocycles. The van der Waals surface area contributed by atoms with Crippen LogP contribution in [0.25, 0.3) is 0 Å². The summed E-state index contributed by atoms with van der Waals surface area (Å²) in [6.45, 7) is 1.41. The second kappa shape index (κ2) is 8.19. The highest BCUT2D eigenvalue weighted by molar-refractivity contribution is 6.69. The first-order valence-corrected chi connectivity index (χ1v) is 7.32. The first kappa shape index (κ1) is 15.2. The molecule has 1 aliphatic rings. The molecule has 110 valence electrons. The molecule has 2 rings (SSSR count). The van der Waals surface area contributed by atoms with Gasteiger partial charge in [0, 0.05) is 18.0 Å². The molecule has 1 fully saturated rings. The number of rotatable bonds is 6. The number of hydrogen-bond donors (Lipinski definition) is 2. The highest BCUT2D eigenvalue weighted by Gasteiger charge is 2.21. The predicted molar refractivity (Wildman–Crippen MR) is 78.5 cm³/mol. The summed E-state index contributed by atoms with van der Waals surface area (Å²) in [5.41, 5.74) is 0.786. The highest BCUT2D eigenvalue weighted by Crippen LogP contribution is 2.20. The number of piperidine rings is 1. The van der Waals surface area contributed by atoms with Crippen LogP contribution >= 0.6 is 11.6 Å². The van der Waals surface area contributed by atoms with Gasteiger partial charge in [0.1, 0.15) is 12.8 Å². The van der Waals surface area contributed by atoms with Crippen LogP contribution in [0.2, 0.25) is 0 Å². The minimum absolute atomic E-state index is 0.312. The quantitative estimate of drug-likeness (QED) is 0.479. The average molecular weight is 298 g/mol. The fraction of sp³-hybridized carbons (Fsp3) is 0.571. The Balaban J connectivity index is 1.66. The maximum Gasteiger partial charge on any atom is 0.175 e. The van der Waals surface area contributed by atoms with E-state index in [9.17, 15) is 5.11 Å². The van der Waals surface area contributed by atoms with Crippen LogP contribution in [0.1, 0.15) is 31.2 Å². The summed E-state index contributed by atoms with van der Waals surface area (Å²) in [7, 11) is 0. The molecule has 0 aromatic carbocycles. The van der Waals surface area contributed by atoms with Gasteiger partial charge in [0.25, 0.3) is 0 Å². The Morgan fingerprint density at radius 3 is 3.05 bits per heavy atom. The van der Waals surface area contributed by atoms with E-state index in [1.807, 2.05) is 0 Å². The maximum atomic E-state index is 9.76. The molecule has 2 atom stereocenters. The lowest BCUT2D eigenvalue weighted by molar-refractivity contribution is 0.0387. The van der Waals surface area contributed by atoms with Gasteiger partial charge >= 0.3 is 0 Å². The fourth-order valence-corrected chi connectivity index (χ4v) is 2.47. The van der Waals surface area contributed by atoms with Crippen molar-refractivity contribution in [2.75, 3.05) is 13.2 Å². The molecule has 2 unspecified atom stereocenters. The van der Waals surface area contributed by atoms with Gasteiger partial charge in [-0.2, -0.15) is 0 Å². The van der Waals surface area contributed by atoms with Gasteiger partial charge < -0.3 is 9.94 Å². The first-order chi connectivity index (χ1) is 9.77. The van der Waals surface area contributed by atoms with Crippen LogP contribution < -0.4 is 5.32 Å². The van der Waals surface area contributed by atoms with E-state index in [-0.39, 0.29) is 6.23 Å². The molecule has 0 bridgehead atoms. The smallest absolute Gasteiger partial charge is 0.175 e. The summed E-state index contributed by atoms with van der Waals surface area (Å²) in [4.78, 5) is 9.12. The number of pyridine rings is 1. The third kappa shape index (κ3) is 4.74. The van der Waals surface area contributed by atoms with Crippen LogP contribution in [0.5, 0.6) is 0 Å². The Hall–Kier alpha value is -1.17. The molecule has 0 spiro atoms. The number of oxime groups is 1. The van der Waals surface area contributed by atoms with Crippen molar-refractivity contribution in [2.45, 2.75) is 31.9 Å². The molecule has 2 N–H and O–H groups in total. The van der Waals surface area contributed by atoms with Crippen molar-refractivity contribution in [3.63, 3.8) is 0 Å². The summed E-state index contributed by atoms with van der Waals surface area (Å²) in [5, 5.41) is 17.0. The molecule has 0 saturated carbocycles. The number of nitrogens with zero attached hydrogens (tertiary/aromatic N) is 2. The molecule has 6 heteroatoms. The van der Waals surface area contributed by atoms with Crippen molar-refractivity contribution in [1.29, 1.82) is 0 Å². The third-order valence-electron chi connectivity index (χ3n) is 3.43. The van der Waals surface area contributed by atoms with Crippen LogP contribution in [0.4, 0.5) is 0 Å². The molecule has 20 heavy (non-hydrogen) atoms. The van der Waals surface area contributed by atoms with Crippen molar-refractivity contribution >= 4 is 16.8 Å². The van der Waals surface area contributed by atoms with E-state index in [4.69, 9.17) is 16.4 Å². The van der Waals surface area contributed by atoms with E-state index in [1.165, 1.54) is 0 Å². The van der Waals surface area contributed by atoms with Gasteiger partial charge in [0.05, 0.1) is 0 Å². The lowest BCUT2D eigenvalue weighted by Gasteiger charge is -2.28. The van der Waals surface area contributed by atoms with E-state index < -0.39 is 0 Å². The van der Waals surface area contributed by atoms with E-state index >= 15 is 0 Å². The second-order valence-electron chi connectivity index (χ2n) is 4.89. The van der Waals surface area contributed by atoms with Crippen LogP contribution in [0, 0.1) is 5.92 Å². The molecule has 1 aromatic rings.